The summed E-state index contributed by atoms with van der Waals surface area (Å²) in [6, 6.07) is 16.5. The first-order valence-electron chi connectivity index (χ1n) is 6.66. The molecule has 20 heavy (non-hydrogen) atoms. The Kier molecular flexibility index (Phi) is 3.21. The van der Waals surface area contributed by atoms with Crippen LogP contribution in [0.4, 0.5) is 5.69 Å². The molecule has 0 atom stereocenters. The van der Waals surface area contributed by atoms with Crippen molar-refractivity contribution in [3.8, 4) is 11.1 Å². The first-order valence-corrected chi connectivity index (χ1v) is 6.66. The molecule has 0 saturated heterocycles. The van der Waals surface area contributed by atoms with Crippen LogP contribution in [0.1, 0.15) is 12.5 Å². The van der Waals surface area contributed by atoms with Crippen molar-refractivity contribution in [2.45, 2.75) is 6.92 Å². The Hall–Kier alpha value is -2.61. The molecule has 2 aromatic carbocycles. The lowest BCUT2D eigenvalue weighted by Gasteiger charge is -2.11. The van der Waals surface area contributed by atoms with E-state index in [9.17, 15) is 0 Å². The highest BCUT2D eigenvalue weighted by Gasteiger charge is 2.10. The fourth-order valence-electron chi connectivity index (χ4n) is 2.46. The van der Waals surface area contributed by atoms with Crippen molar-refractivity contribution in [1.82, 2.24) is 4.98 Å². The van der Waals surface area contributed by atoms with Crippen LogP contribution in [0.2, 0.25) is 0 Å². The molecule has 0 amide bonds. The summed E-state index contributed by atoms with van der Waals surface area (Å²) in [5.74, 6) is 0. The van der Waals surface area contributed by atoms with Crippen LogP contribution in [0.25, 0.3) is 28.1 Å². The fourth-order valence-corrected chi connectivity index (χ4v) is 2.46. The lowest BCUT2D eigenvalue weighted by atomic mass is 9.96. The van der Waals surface area contributed by atoms with Gasteiger partial charge in [0.25, 0.3) is 0 Å². The highest BCUT2D eigenvalue weighted by atomic mass is 14.7. The Labute approximate surface area is 118 Å². The minimum Gasteiger partial charge on any atom is -0.396 e. The van der Waals surface area contributed by atoms with E-state index in [1.807, 2.05) is 43.3 Å². The quantitative estimate of drug-likeness (QED) is 0.688. The molecular weight excluding hydrogens is 244 g/mol. The van der Waals surface area contributed by atoms with Crippen molar-refractivity contribution in [2.75, 3.05) is 5.73 Å². The van der Waals surface area contributed by atoms with Crippen molar-refractivity contribution in [3.05, 3.63) is 66.4 Å². The van der Waals surface area contributed by atoms with Gasteiger partial charge < -0.3 is 5.73 Å². The largest absolute Gasteiger partial charge is 0.396 e. The molecular formula is C18H16N2. The Morgan fingerprint density at radius 3 is 2.60 bits per heavy atom. The molecule has 98 valence electrons. The second-order valence-corrected chi connectivity index (χ2v) is 4.69. The number of benzene rings is 2. The zero-order valence-electron chi connectivity index (χ0n) is 11.4. The van der Waals surface area contributed by atoms with Gasteiger partial charge in [-0.25, -0.2) is 0 Å². The van der Waals surface area contributed by atoms with Crippen LogP contribution in [0, 0.1) is 0 Å². The molecule has 0 saturated carbocycles. The van der Waals surface area contributed by atoms with Gasteiger partial charge in [0.05, 0.1) is 11.2 Å². The lowest BCUT2D eigenvalue weighted by Crippen LogP contribution is -1.95. The number of nitrogen functional groups attached to an aromatic ring is 1. The van der Waals surface area contributed by atoms with Crippen molar-refractivity contribution >= 4 is 22.7 Å². The Balaban J connectivity index is 2.39. The second-order valence-electron chi connectivity index (χ2n) is 4.69. The molecule has 3 aromatic rings. The van der Waals surface area contributed by atoms with E-state index >= 15 is 0 Å². The molecule has 0 unspecified atom stereocenters. The number of pyridine rings is 1. The van der Waals surface area contributed by atoms with Crippen LogP contribution in [0.15, 0.2) is 60.8 Å². The lowest BCUT2D eigenvalue weighted by molar-refractivity contribution is 1.41. The highest BCUT2D eigenvalue weighted by Crippen LogP contribution is 2.34. The number of allylic oxidation sites excluding steroid dienone is 1. The smallest absolute Gasteiger partial charge is 0.0943 e. The van der Waals surface area contributed by atoms with E-state index in [2.05, 4.69) is 29.2 Å². The SMILES string of the molecule is C/C=C\c1cc(-c2ccccc2)c2cccnc2c1N. The van der Waals surface area contributed by atoms with Crippen molar-refractivity contribution in [3.63, 3.8) is 0 Å². The Morgan fingerprint density at radius 1 is 1.05 bits per heavy atom. The summed E-state index contributed by atoms with van der Waals surface area (Å²) in [5, 5.41) is 1.09. The molecule has 2 heteroatoms. The van der Waals surface area contributed by atoms with E-state index in [1.54, 1.807) is 6.20 Å². The summed E-state index contributed by atoms with van der Waals surface area (Å²) in [6.45, 7) is 1.99. The van der Waals surface area contributed by atoms with E-state index in [-0.39, 0.29) is 0 Å². The number of rotatable bonds is 2. The van der Waals surface area contributed by atoms with Gasteiger partial charge in [0.15, 0.2) is 0 Å². The zero-order chi connectivity index (χ0) is 13.9. The third-order valence-corrected chi connectivity index (χ3v) is 3.39. The second kappa shape index (κ2) is 5.17. The normalized spacial score (nSPS) is 11.2. The van der Waals surface area contributed by atoms with Crippen LogP contribution in [0.3, 0.4) is 0 Å². The van der Waals surface area contributed by atoms with Gasteiger partial charge in [-0.05, 0) is 35.7 Å². The first kappa shape index (κ1) is 12.4. The van der Waals surface area contributed by atoms with Crippen molar-refractivity contribution in [1.29, 1.82) is 0 Å². The van der Waals surface area contributed by atoms with Crippen LogP contribution in [0.5, 0.6) is 0 Å². The van der Waals surface area contributed by atoms with E-state index in [1.165, 1.54) is 5.56 Å². The average Bonchev–Trinajstić information content (AvgIpc) is 2.51. The molecule has 0 aliphatic rings. The molecule has 0 bridgehead atoms. The number of hydrogen-bond acceptors (Lipinski definition) is 2. The van der Waals surface area contributed by atoms with Gasteiger partial charge in [-0.2, -0.15) is 0 Å². The summed E-state index contributed by atoms with van der Waals surface area (Å²) in [5.41, 5.74) is 11.2. The number of aromatic nitrogens is 1. The summed E-state index contributed by atoms with van der Waals surface area (Å²) >= 11 is 0. The third kappa shape index (κ3) is 2.05. The van der Waals surface area contributed by atoms with Crippen molar-refractivity contribution in [2.24, 2.45) is 0 Å². The highest BCUT2D eigenvalue weighted by molar-refractivity contribution is 6.03. The number of nitrogens with zero attached hydrogens (tertiary/aromatic N) is 1. The standard InChI is InChI=1S/C18H16N2/c1-2-7-14-12-16(13-8-4-3-5-9-13)15-10-6-11-20-18(15)17(14)19/h2-12H,19H2,1H3/b7-2-. The molecule has 0 aliphatic heterocycles. The monoisotopic (exact) mass is 260 g/mol. The summed E-state index contributed by atoms with van der Waals surface area (Å²) in [6.07, 6.45) is 5.80. The predicted molar refractivity (Wildman–Crippen MR) is 86.3 cm³/mol. The maximum atomic E-state index is 6.24. The van der Waals surface area contributed by atoms with Gasteiger partial charge in [-0.1, -0.05) is 48.6 Å². The number of fused-ring (bicyclic) bond motifs is 1. The van der Waals surface area contributed by atoms with Crippen LogP contribution in [-0.2, 0) is 0 Å². The maximum Gasteiger partial charge on any atom is 0.0943 e. The minimum absolute atomic E-state index is 0.735. The molecule has 2 nitrogen and oxygen atoms in total. The van der Waals surface area contributed by atoms with Gasteiger partial charge in [0, 0.05) is 11.6 Å². The van der Waals surface area contributed by atoms with Gasteiger partial charge in [-0.3, -0.25) is 4.98 Å². The molecule has 1 heterocycles. The number of nitrogens with two attached hydrogens (primary N) is 1. The van der Waals surface area contributed by atoms with Crippen LogP contribution >= 0.6 is 0 Å². The molecule has 0 fully saturated rings. The molecule has 1 aromatic heterocycles. The zero-order valence-corrected chi connectivity index (χ0v) is 11.4. The summed E-state index contributed by atoms with van der Waals surface area (Å²) in [7, 11) is 0. The van der Waals surface area contributed by atoms with Crippen LogP contribution < -0.4 is 5.73 Å². The fraction of sp³-hybridized carbons (Fsp3) is 0.0556. The first-order chi connectivity index (χ1) is 9.81. The molecule has 3 rings (SSSR count). The maximum absolute atomic E-state index is 6.24. The Morgan fingerprint density at radius 2 is 1.85 bits per heavy atom. The predicted octanol–water partition coefficient (Wildman–Crippen LogP) is 4.52. The average molecular weight is 260 g/mol. The van der Waals surface area contributed by atoms with Gasteiger partial charge >= 0.3 is 0 Å². The third-order valence-electron chi connectivity index (χ3n) is 3.39. The van der Waals surface area contributed by atoms with Gasteiger partial charge in [-0.15, -0.1) is 0 Å². The molecule has 2 N–H and O–H groups in total. The van der Waals surface area contributed by atoms with E-state index < -0.39 is 0 Å². The van der Waals surface area contributed by atoms with Crippen molar-refractivity contribution < 1.29 is 0 Å². The van der Waals surface area contributed by atoms with E-state index in [4.69, 9.17) is 5.73 Å². The van der Waals surface area contributed by atoms with E-state index in [0.29, 0.717) is 0 Å². The number of hydrogen-bond donors (Lipinski definition) is 1. The summed E-state index contributed by atoms with van der Waals surface area (Å²) < 4.78 is 0. The van der Waals surface area contributed by atoms with Gasteiger partial charge in [0.2, 0.25) is 0 Å². The Bertz CT molecular complexity index is 774. The summed E-state index contributed by atoms with van der Waals surface area (Å²) in [4.78, 5) is 4.45. The van der Waals surface area contributed by atoms with Gasteiger partial charge in [0.1, 0.15) is 0 Å². The topological polar surface area (TPSA) is 38.9 Å². The molecule has 0 aliphatic carbocycles. The minimum atomic E-state index is 0.735. The molecule has 0 spiro atoms. The molecule has 0 radical (unpaired) electrons. The number of anilines is 1. The van der Waals surface area contributed by atoms with Crippen LogP contribution in [-0.4, -0.2) is 4.98 Å². The van der Waals surface area contributed by atoms with E-state index in [0.717, 1.165) is 27.7 Å².